The van der Waals surface area contributed by atoms with Crippen LogP contribution in [0.5, 0.6) is 17.2 Å². The van der Waals surface area contributed by atoms with Crippen LogP contribution in [0.4, 0.5) is 5.69 Å². The zero-order chi connectivity index (χ0) is 22.7. The minimum atomic E-state index is -0.111. The van der Waals surface area contributed by atoms with Gasteiger partial charge in [0, 0.05) is 22.2 Å². The van der Waals surface area contributed by atoms with Crippen LogP contribution in [-0.4, -0.2) is 17.8 Å². The molecule has 0 spiro atoms. The molecule has 4 nitrogen and oxygen atoms in total. The van der Waals surface area contributed by atoms with Crippen LogP contribution in [0.3, 0.4) is 0 Å². The number of ether oxygens (including phenoxy) is 2. The summed E-state index contributed by atoms with van der Waals surface area (Å²) in [6, 6.07) is 7.90. The molecule has 0 bridgehead atoms. The number of aromatic hydroxyl groups is 1. The lowest BCUT2D eigenvalue weighted by molar-refractivity contribution is 0.0298. The average molecular weight is 432 g/mol. The van der Waals surface area contributed by atoms with Gasteiger partial charge in [0.1, 0.15) is 11.9 Å². The molecular formula is C28H33NO3. The molecule has 2 N–H and O–H groups in total. The predicted molar refractivity (Wildman–Crippen MR) is 131 cm³/mol. The molecule has 0 fully saturated rings. The maximum absolute atomic E-state index is 10.5. The quantitative estimate of drug-likeness (QED) is 0.503. The van der Waals surface area contributed by atoms with Crippen molar-refractivity contribution in [3.63, 3.8) is 0 Å². The Bertz CT molecular complexity index is 1140. The lowest BCUT2D eigenvalue weighted by Gasteiger charge is -2.46. The Kier molecular flexibility index (Phi) is 4.81. The van der Waals surface area contributed by atoms with E-state index in [2.05, 4.69) is 63.4 Å². The third-order valence-electron chi connectivity index (χ3n) is 7.51. The predicted octanol–water partition coefficient (Wildman–Crippen LogP) is 7.25. The summed E-state index contributed by atoms with van der Waals surface area (Å²) in [6.45, 7) is 8.88. The van der Waals surface area contributed by atoms with Crippen LogP contribution >= 0.6 is 0 Å². The van der Waals surface area contributed by atoms with E-state index in [0.29, 0.717) is 5.75 Å². The molecule has 0 saturated heterocycles. The molecular weight excluding hydrogens is 398 g/mol. The first-order chi connectivity index (χ1) is 15.3. The number of benzene rings is 2. The maximum atomic E-state index is 10.5. The number of fused-ring (bicyclic) bond motifs is 5. The molecule has 0 aromatic heterocycles. The van der Waals surface area contributed by atoms with Crippen LogP contribution < -0.4 is 14.8 Å². The molecule has 5 rings (SSSR count). The highest BCUT2D eigenvalue weighted by Gasteiger charge is 2.46. The van der Waals surface area contributed by atoms with Gasteiger partial charge in [-0.25, -0.2) is 0 Å². The van der Waals surface area contributed by atoms with E-state index < -0.39 is 0 Å². The van der Waals surface area contributed by atoms with Crippen molar-refractivity contribution in [2.75, 3.05) is 12.4 Å². The monoisotopic (exact) mass is 431 g/mol. The van der Waals surface area contributed by atoms with Gasteiger partial charge < -0.3 is 19.9 Å². The minimum Gasteiger partial charge on any atom is -0.504 e. The van der Waals surface area contributed by atoms with Crippen molar-refractivity contribution in [3.05, 3.63) is 53.6 Å². The minimum absolute atomic E-state index is 0.0225. The molecule has 0 radical (unpaired) electrons. The fraction of sp³-hybridized carbons (Fsp3) is 0.429. The van der Waals surface area contributed by atoms with Crippen LogP contribution in [-0.2, 0) is 0 Å². The van der Waals surface area contributed by atoms with E-state index in [1.807, 2.05) is 6.07 Å². The van der Waals surface area contributed by atoms with E-state index in [-0.39, 0.29) is 22.8 Å². The van der Waals surface area contributed by atoms with Gasteiger partial charge in [0.2, 0.25) is 0 Å². The standard InChI is InChI=1S/C28H33NO3/c1-6-28(14-8-7-9-15-28)26-24-18(23-21(32-26)13-12-20(30)25(23)31-5)10-11-19-22(24)17(2)16-27(3,4)29-19/h7-8,10-13,16,26,29-30H,6,9,14-15H2,1-5H3/t26-,28?/m0/s1. The highest BCUT2D eigenvalue weighted by atomic mass is 16.5. The van der Waals surface area contributed by atoms with E-state index in [4.69, 9.17) is 9.47 Å². The third-order valence-corrected chi connectivity index (χ3v) is 7.51. The number of methoxy groups -OCH3 is 1. The molecule has 1 unspecified atom stereocenters. The molecule has 2 aromatic rings. The number of phenolic OH excluding ortho intramolecular Hbond substituents is 1. The summed E-state index contributed by atoms with van der Waals surface area (Å²) in [6.07, 6.45) is 11.1. The van der Waals surface area contributed by atoms with Gasteiger partial charge in [0.05, 0.1) is 18.2 Å². The molecule has 2 heterocycles. The molecule has 32 heavy (non-hydrogen) atoms. The van der Waals surface area contributed by atoms with Crippen LogP contribution in [0.25, 0.3) is 16.7 Å². The molecule has 3 aliphatic rings. The molecule has 2 aliphatic heterocycles. The second kappa shape index (κ2) is 7.33. The first-order valence-electron chi connectivity index (χ1n) is 11.7. The Morgan fingerprint density at radius 1 is 1.16 bits per heavy atom. The Hall–Kier alpha value is -2.88. The zero-order valence-corrected chi connectivity index (χ0v) is 19.7. The van der Waals surface area contributed by atoms with Crippen molar-refractivity contribution in [2.24, 2.45) is 5.41 Å². The summed E-state index contributed by atoms with van der Waals surface area (Å²) >= 11 is 0. The summed E-state index contributed by atoms with van der Waals surface area (Å²) in [5.41, 5.74) is 6.70. The summed E-state index contributed by atoms with van der Waals surface area (Å²) in [4.78, 5) is 0. The molecule has 1 aliphatic carbocycles. The SMILES string of the molecule is CCC1([C@H]2Oc3ccc(O)c(OC)c3-c3ccc4c(c32)C(C)=CC(C)(C)N4)CC=CCC1. The van der Waals surface area contributed by atoms with Crippen molar-refractivity contribution in [2.45, 2.75) is 65.0 Å². The highest BCUT2D eigenvalue weighted by molar-refractivity contribution is 5.92. The van der Waals surface area contributed by atoms with Gasteiger partial charge in [0.25, 0.3) is 0 Å². The van der Waals surface area contributed by atoms with Crippen LogP contribution in [0.1, 0.15) is 70.6 Å². The second-order valence-corrected chi connectivity index (χ2v) is 10.0. The number of hydrogen-bond donors (Lipinski definition) is 2. The zero-order valence-electron chi connectivity index (χ0n) is 19.7. The molecule has 0 saturated carbocycles. The fourth-order valence-corrected chi connectivity index (χ4v) is 6.02. The fourth-order valence-electron chi connectivity index (χ4n) is 6.02. The number of allylic oxidation sites excluding steroid dienone is 3. The van der Waals surface area contributed by atoms with Crippen LogP contribution in [0.2, 0.25) is 0 Å². The lowest BCUT2D eigenvalue weighted by atomic mass is 9.65. The summed E-state index contributed by atoms with van der Waals surface area (Å²) < 4.78 is 12.5. The Balaban J connectivity index is 1.83. The summed E-state index contributed by atoms with van der Waals surface area (Å²) in [5.74, 6) is 1.39. The number of nitrogens with one attached hydrogen (secondary N) is 1. The first-order valence-corrected chi connectivity index (χ1v) is 11.7. The summed E-state index contributed by atoms with van der Waals surface area (Å²) in [5, 5.41) is 14.3. The van der Waals surface area contributed by atoms with Crippen molar-refractivity contribution < 1.29 is 14.6 Å². The van der Waals surface area contributed by atoms with Gasteiger partial charge in [-0.05, 0) is 75.8 Å². The van der Waals surface area contributed by atoms with Crippen molar-refractivity contribution in [3.8, 4) is 28.4 Å². The second-order valence-electron chi connectivity index (χ2n) is 10.0. The maximum Gasteiger partial charge on any atom is 0.172 e. The van der Waals surface area contributed by atoms with Crippen molar-refractivity contribution >= 4 is 11.3 Å². The van der Waals surface area contributed by atoms with E-state index in [9.17, 15) is 5.11 Å². The Morgan fingerprint density at radius 3 is 2.66 bits per heavy atom. The summed E-state index contributed by atoms with van der Waals surface area (Å²) in [7, 11) is 1.61. The normalized spacial score (nSPS) is 24.9. The van der Waals surface area contributed by atoms with Crippen molar-refractivity contribution in [1.29, 1.82) is 0 Å². The van der Waals surface area contributed by atoms with E-state index in [1.54, 1.807) is 13.2 Å². The molecule has 0 amide bonds. The highest BCUT2D eigenvalue weighted by Crippen LogP contribution is 2.60. The third kappa shape index (κ3) is 3.03. The largest absolute Gasteiger partial charge is 0.504 e. The van der Waals surface area contributed by atoms with Gasteiger partial charge >= 0.3 is 0 Å². The van der Waals surface area contributed by atoms with Gasteiger partial charge in [-0.15, -0.1) is 0 Å². The van der Waals surface area contributed by atoms with Crippen molar-refractivity contribution in [1.82, 2.24) is 0 Å². The molecule has 2 aromatic carbocycles. The van der Waals surface area contributed by atoms with E-state index in [0.717, 1.165) is 48.2 Å². The Labute approximate surface area is 191 Å². The average Bonchev–Trinajstić information content (AvgIpc) is 2.77. The number of rotatable bonds is 3. The smallest absolute Gasteiger partial charge is 0.172 e. The molecule has 4 heteroatoms. The number of phenols is 1. The first kappa shape index (κ1) is 21.0. The molecule has 2 atom stereocenters. The Morgan fingerprint density at radius 2 is 1.97 bits per heavy atom. The molecule has 168 valence electrons. The van der Waals surface area contributed by atoms with Gasteiger partial charge in [0.15, 0.2) is 11.5 Å². The van der Waals surface area contributed by atoms with Gasteiger partial charge in [-0.2, -0.15) is 0 Å². The van der Waals surface area contributed by atoms with Crippen LogP contribution in [0.15, 0.2) is 42.5 Å². The van der Waals surface area contributed by atoms with Gasteiger partial charge in [-0.1, -0.05) is 31.2 Å². The van der Waals surface area contributed by atoms with Crippen LogP contribution in [0, 0.1) is 5.41 Å². The number of hydrogen-bond acceptors (Lipinski definition) is 4. The van der Waals surface area contributed by atoms with E-state index >= 15 is 0 Å². The lowest BCUT2D eigenvalue weighted by Crippen LogP contribution is -2.37. The van der Waals surface area contributed by atoms with Gasteiger partial charge in [-0.3, -0.25) is 0 Å². The van der Waals surface area contributed by atoms with E-state index in [1.165, 1.54) is 16.7 Å². The topological polar surface area (TPSA) is 50.7 Å². The number of anilines is 1.